The number of anilines is 1. The zero-order valence-electron chi connectivity index (χ0n) is 19.8. The van der Waals surface area contributed by atoms with Gasteiger partial charge in [0.25, 0.3) is 5.92 Å². The number of aromatic nitrogens is 3. The van der Waals surface area contributed by atoms with Crippen LogP contribution in [0.4, 0.5) is 19.3 Å². The van der Waals surface area contributed by atoms with Gasteiger partial charge < -0.3 is 10.2 Å². The number of urea groups is 1. The minimum Gasteiger partial charge on any atom is -0.316 e. The predicted molar refractivity (Wildman–Crippen MR) is 134 cm³/mol. The van der Waals surface area contributed by atoms with Gasteiger partial charge in [0, 0.05) is 54.6 Å². The molecule has 1 saturated heterocycles. The van der Waals surface area contributed by atoms with Crippen molar-refractivity contribution >= 4 is 22.6 Å². The van der Waals surface area contributed by atoms with Crippen LogP contribution in [0, 0.1) is 6.92 Å². The molecule has 4 heterocycles. The maximum atomic E-state index is 14.8. The van der Waals surface area contributed by atoms with Crippen molar-refractivity contribution in [2.75, 3.05) is 18.4 Å². The molecule has 2 amide bonds. The van der Waals surface area contributed by atoms with Gasteiger partial charge in [-0.3, -0.25) is 15.0 Å². The Kier molecular flexibility index (Phi) is 5.44. The highest BCUT2D eigenvalue weighted by molar-refractivity contribution is 6.00. The number of aryl methyl sites for hydroxylation is 1. The monoisotopic (exact) mass is 488 g/mol. The molecule has 0 unspecified atom stereocenters. The van der Waals surface area contributed by atoms with E-state index in [0.717, 1.165) is 39.0 Å². The highest BCUT2D eigenvalue weighted by Crippen LogP contribution is 2.36. The number of hydrogen-bond acceptors (Lipinski definition) is 4. The van der Waals surface area contributed by atoms with E-state index in [1.54, 1.807) is 16.0 Å². The van der Waals surface area contributed by atoms with Crippen molar-refractivity contribution in [1.29, 1.82) is 0 Å². The molecule has 7 nitrogen and oxygen atoms in total. The Bertz CT molecular complexity index is 1440. The van der Waals surface area contributed by atoms with E-state index in [1.807, 2.05) is 61.5 Å². The number of carbonyl (C=O) groups excluding carboxylic acids is 1. The lowest BCUT2D eigenvalue weighted by atomic mass is 9.97. The molecule has 1 fully saturated rings. The van der Waals surface area contributed by atoms with Crippen LogP contribution in [0.1, 0.15) is 23.2 Å². The van der Waals surface area contributed by atoms with Gasteiger partial charge in [0.15, 0.2) is 0 Å². The van der Waals surface area contributed by atoms with Crippen molar-refractivity contribution in [1.82, 2.24) is 25.0 Å². The van der Waals surface area contributed by atoms with E-state index in [2.05, 4.69) is 20.5 Å². The Hall–Kier alpha value is -3.85. The molecule has 1 atom stereocenters. The van der Waals surface area contributed by atoms with Gasteiger partial charge in [-0.2, -0.15) is 5.10 Å². The third kappa shape index (κ3) is 4.30. The van der Waals surface area contributed by atoms with Crippen LogP contribution >= 0.6 is 0 Å². The topological polar surface area (TPSA) is 77.2 Å². The molecule has 2 N–H and O–H groups in total. The SMILES string of the molecule is Cc1cc(-c2n[nH]c3cc4c(cc23)CN([C@@H]2CN(Cc3ccccc3)CC(F)(F)C2)C(=O)N4)ccn1. The number of rotatable bonds is 4. The molecule has 36 heavy (non-hydrogen) atoms. The van der Waals surface area contributed by atoms with Gasteiger partial charge in [0.05, 0.1) is 18.1 Å². The number of benzene rings is 2. The number of H-pyrrole nitrogens is 1. The summed E-state index contributed by atoms with van der Waals surface area (Å²) < 4.78 is 29.6. The van der Waals surface area contributed by atoms with E-state index in [-0.39, 0.29) is 25.5 Å². The van der Waals surface area contributed by atoms with E-state index in [1.165, 1.54) is 0 Å². The number of amides is 2. The van der Waals surface area contributed by atoms with Crippen LogP contribution in [0.25, 0.3) is 22.2 Å². The Balaban J connectivity index is 1.29. The van der Waals surface area contributed by atoms with Gasteiger partial charge in [-0.15, -0.1) is 0 Å². The second kappa shape index (κ2) is 8.67. The summed E-state index contributed by atoms with van der Waals surface area (Å²) in [5, 5.41) is 11.4. The molecule has 0 radical (unpaired) electrons. The van der Waals surface area contributed by atoms with Gasteiger partial charge in [-0.25, -0.2) is 13.6 Å². The zero-order valence-corrected chi connectivity index (χ0v) is 19.8. The fourth-order valence-electron chi connectivity index (χ4n) is 5.34. The molecule has 2 aliphatic heterocycles. The van der Waals surface area contributed by atoms with Gasteiger partial charge in [0.2, 0.25) is 0 Å². The number of halogens is 2. The normalized spacial score (nSPS) is 19.8. The smallest absolute Gasteiger partial charge is 0.316 e. The van der Waals surface area contributed by atoms with Crippen LogP contribution in [0.3, 0.4) is 0 Å². The van der Waals surface area contributed by atoms with Gasteiger partial charge in [-0.1, -0.05) is 30.3 Å². The molecule has 184 valence electrons. The number of likely N-dealkylation sites (tertiary alicyclic amines) is 1. The Morgan fingerprint density at radius 2 is 1.97 bits per heavy atom. The quantitative estimate of drug-likeness (QED) is 0.415. The van der Waals surface area contributed by atoms with Crippen molar-refractivity contribution in [2.45, 2.75) is 38.4 Å². The number of carbonyl (C=O) groups is 1. The summed E-state index contributed by atoms with van der Waals surface area (Å²) in [7, 11) is 0. The maximum absolute atomic E-state index is 14.8. The van der Waals surface area contributed by atoms with Crippen molar-refractivity contribution in [3.8, 4) is 11.3 Å². The van der Waals surface area contributed by atoms with Crippen molar-refractivity contribution in [3.05, 3.63) is 77.6 Å². The van der Waals surface area contributed by atoms with E-state index in [0.29, 0.717) is 18.8 Å². The highest BCUT2D eigenvalue weighted by Gasteiger charge is 2.44. The summed E-state index contributed by atoms with van der Waals surface area (Å²) in [6, 6.07) is 16.4. The summed E-state index contributed by atoms with van der Waals surface area (Å²) in [6.07, 6.45) is 1.40. The van der Waals surface area contributed by atoms with Crippen LogP contribution in [-0.4, -0.2) is 56.1 Å². The molecule has 2 aromatic heterocycles. The van der Waals surface area contributed by atoms with Crippen LogP contribution < -0.4 is 5.32 Å². The molecule has 0 spiro atoms. The molecule has 0 bridgehead atoms. The first-order valence-electron chi connectivity index (χ1n) is 12.0. The number of fused-ring (bicyclic) bond motifs is 2. The average molecular weight is 489 g/mol. The molecule has 0 aliphatic carbocycles. The first-order valence-corrected chi connectivity index (χ1v) is 12.0. The summed E-state index contributed by atoms with van der Waals surface area (Å²) >= 11 is 0. The Morgan fingerprint density at radius 1 is 1.14 bits per heavy atom. The number of pyridine rings is 1. The molecule has 9 heteroatoms. The first-order chi connectivity index (χ1) is 17.3. The van der Waals surface area contributed by atoms with E-state index in [4.69, 9.17) is 0 Å². The van der Waals surface area contributed by atoms with Crippen molar-refractivity contribution in [2.24, 2.45) is 0 Å². The summed E-state index contributed by atoms with van der Waals surface area (Å²) in [5.74, 6) is -2.88. The number of hydrogen-bond donors (Lipinski definition) is 2. The lowest BCUT2D eigenvalue weighted by Crippen LogP contribution is -2.57. The largest absolute Gasteiger partial charge is 0.322 e. The maximum Gasteiger partial charge on any atom is 0.322 e. The number of alkyl halides is 2. The third-order valence-corrected chi connectivity index (χ3v) is 6.95. The first kappa shape index (κ1) is 22.6. The molecule has 2 aliphatic rings. The fourth-order valence-corrected chi connectivity index (χ4v) is 5.34. The van der Waals surface area contributed by atoms with Gasteiger partial charge in [-0.05, 0) is 42.3 Å². The lowest BCUT2D eigenvalue weighted by molar-refractivity contribution is -0.0910. The lowest BCUT2D eigenvalue weighted by Gasteiger charge is -2.44. The number of piperidine rings is 1. The van der Waals surface area contributed by atoms with Crippen LogP contribution in [-0.2, 0) is 13.1 Å². The number of nitrogens with one attached hydrogen (secondary N) is 2. The molecular weight excluding hydrogens is 462 g/mol. The molecule has 6 rings (SSSR count). The second-order valence-corrected chi connectivity index (χ2v) is 9.74. The summed E-state index contributed by atoms with van der Waals surface area (Å²) in [6.45, 7) is 2.69. The van der Waals surface area contributed by atoms with Crippen molar-refractivity contribution < 1.29 is 13.6 Å². The number of nitrogens with zero attached hydrogens (tertiary/aromatic N) is 4. The standard InChI is InChI=1S/C27H26F2N6O/c1-17-9-19(7-8-30-17)25-22-10-20-14-35(26(36)31-23(20)11-24(22)32-33-25)21-12-27(28,29)16-34(15-21)13-18-5-3-2-4-6-18/h2-11,21H,12-16H2,1H3,(H,31,36)(H,32,33)/t21-/m0/s1. The number of aromatic amines is 1. The molecule has 4 aromatic rings. The van der Waals surface area contributed by atoms with E-state index < -0.39 is 12.0 Å². The highest BCUT2D eigenvalue weighted by atomic mass is 19.3. The molecular formula is C27H26F2N6O. The minimum atomic E-state index is -2.88. The van der Waals surface area contributed by atoms with E-state index >= 15 is 0 Å². The summed E-state index contributed by atoms with van der Waals surface area (Å²) in [4.78, 5) is 20.6. The molecule has 0 saturated carbocycles. The van der Waals surface area contributed by atoms with Crippen LogP contribution in [0.2, 0.25) is 0 Å². The minimum absolute atomic E-state index is 0.261. The third-order valence-electron chi connectivity index (χ3n) is 6.95. The summed E-state index contributed by atoms with van der Waals surface area (Å²) in [5.41, 5.74) is 5.94. The molecule has 2 aromatic carbocycles. The average Bonchev–Trinajstić information content (AvgIpc) is 3.24. The van der Waals surface area contributed by atoms with Gasteiger partial charge in [0.1, 0.15) is 5.69 Å². The van der Waals surface area contributed by atoms with E-state index in [9.17, 15) is 13.6 Å². The second-order valence-electron chi connectivity index (χ2n) is 9.74. The van der Waals surface area contributed by atoms with Crippen LogP contribution in [0.15, 0.2) is 60.8 Å². The predicted octanol–water partition coefficient (Wildman–Crippen LogP) is 5.19. The fraction of sp³-hybridized carbons (Fsp3) is 0.296. The van der Waals surface area contributed by atoms with Crippen molar-refractivity contribution in [3.63, 3.8) is 0 Å². The Labute approximate surface area is 207 Å². The zero-order chi connectivity index (χ0) is 24.9. The van der Waals surface area contributed by atoms with Gasteiger partial charge >= 0.3 is 6.03 Å². The van der Waals surface area contributed by atoms with Crippen LogP contribution in [0.5, 0.6) is 0 Å². The Morgan fingerprint density at radius 3 is 2.78 bits per heavy atom.